The second-order valence-electron chi connectivity index (χ2n) is 3.62. The molecule has 0 atom stereocenters. The van der Waals surface area contributed by atoms with Crippen molar-refractivity contribution in [2.45, 2.75) is 18.2 Å². The molecule has 0 aliphatic carbocycles. The van der Waals surface area contributed by atoms with Crippen LogP contribution in [0.1, 0.15) is 18.9 Å². The lowest BCUT2D eigenvalue weighted by Gasteiger charge is -2.33. The highest BCUT2D eigenvalue weighted by Gasteiger charge is 2.59. The minimum Gasteiger partial charge on any atom is -0.323 e. The van der Waals surface area contributed by atoms with Gasteiger partial charge in [-0.2, -0.15) is 0 Å². The summed E-state index contributed by atoms with van der Waals surface area (Å²) in [6.45, 7) is 1.34. The zero-order chi connectivity index (χ0) is 13.3. The second kappa shape index (κ2) is 4.65. The molecule has 0 saturated heterocycles. The summed E-state index contributed by atoms with van der Waals surface area (Å²) in [6, 6.07) is 7.17. The lowest BCUT2D eigenvalue weighted by molar-refractivity contribution is 0.305. The van der Waals surface area contributed by atoms with Gasteiger partial charge >= 0.3 is 15.2 Å². The third kappa shape index (κ3) is 2.38. The molecule has 1 rings (SSSR count). The first kappa shape index (κ1) is 14.6. The van der Waals surface area contributed by atoms with Crippen molar-refractivity contribution >= 4 is 15.2 Å². The summed E-state index contributed by atoms with van der Waals surface area (Å²) >= 11 is 0. The molecule has 6 nitrogen and oxygen atoms in total. The molecule has 0 unspecified atom stereocenters. The maximum absolute atomic E-state index is 11.5. The molecule has 1 aromatic carbocycles. The van der Waals surface area contributed by atoms with Gasteiger partial charge in [0.05, 0.1) is 0 Å². The zero-order valence-corrected chi connectivity index (χ0v) is 10.9. The Labute approximate surface area is 98.6 Å². The van der Waals surface area contributed by atoms with Gasteiger partial charge in [-0.15, -0.1) is 0 Å². The normalized spacial score (nSPS) is 13.7. The second-order valence-corrected chi connectivity index (χ2v) is 7.68. The SMILES string of the molecule is CCC(c1ccccc1)(P(=O)(O)O)P(=O)(O)O. The van der Waals surface area contributed by atoms with Crippen LogP contribution < -0.4 is 0 Å². The van der Waals surface area contributed by atoms with Crippen molar-refractivity contribution in [3.8, 4) is 0 Å². The van der Waals surface area contributed by atoms with Crippen LogP contribution in [0, 0.1) is 0 Å². The molecule has 96 valence electrons. The minimum absolute atomic E-state index is 0.0517. The number of hydrogen-bond acceptors (Lipinski definition) is 2. The van der Waals surface area contributed by atoms with E-state index in [4.69, 9.17) is 0 Å². The van der Waals surface area contributed by atoms with E-state index in [1.54, 1.807) is 6.07 Å². The maximum Gasteiger partial charge on any atom is 0.348 e. The summed E-state index contributed by atoms with van der Waals surface area (Å²) in [4.78, 5) is 34.9. The first-order chi connectivity index (χ1) is 7.67. The molecule has 0 aliphatic heterocycles. The predicted octanol–water partition coefficient (Wildman–Crippen LogP) is 1.60. The van der Waals surface area contributed by atoms with Crippen LogP contribution >= 0.6 is 15.2 Å². The summed E-state index contributed by atoms with van der Waals surface area (Å²) in [5.41, 5.74) is -0.0517. The molecule has 0 fully saturated rings. The molecule has 0 bridgehead atoms. The van der Waals surface area contributed by atoms with Crippen molar-refractivity contribution in [1.29, 1.82) is 0 Å². The average molecular weight is 280 g/mol. The van der Waals surface area contributed by atoms with Crippen LogP contribution in [0.5, 0.6) is 0 Å². The topological polar surface area (TPSA) is 115 Å². The predicted molar refractivity (Wildman–Crippen MR) is 62.5 cm³/mol. The Kier molecular flexibility index (Phi) is 3.99. The van der Waals surface area contributed by atoms with Gasteiger partial charge in [-0.05, 0) is 12.0 Å². The Morgan fingerprint density at radius 2 is 1.41 bits per heavy atom. The van der Waals surface area contributed by atoms with Crippen molar-refractivity contribution < 1.29 is 28.7 Å². The number of benzene rings is 1. The summed E-state index contributed by atoms with van der Waals surface area (Å²) in [5, 5.41) is 0. The molecular formula is C9H14O6P2. The van der Waals surface area contributed by atoms with Gasteiger partial charge in [0.1, 0.15) is 0 Å². The monoisotopic (exact) mass is 280 g/mol. The number of rotatable bonds is 4. The van der Waals surface area contributed by atoms with Crippen LogP contribution in [0.2, 0.25) is 0 Å². The fourth-order valence-electron chi connectivity index (χ4n) is 1.83. The minimum atomic E-state index is -5.01. The summed E-state index contributed by atoms with van der Waals surface area (Å²) < 4.78 is 23.1. The molecule has 0 radical (unpaired) electrons. The fourth-order valence-corrected chi connectivity index (χ4v) is 4.98. The largest absolute Gasteiger partial charge is 0.348 e. The van der Waals surface area contributed by atoms with E-state index in [-0.39, 0.29) is 12.0 Å². The van der Waals surface area contributed by atoms with E-state index in [2.05, 4.69) is 0 Å². The Morgan fingerprint density at radius 1 is 1.00 bits per heavy atom. The van der Waals surface area contributed by atoms with Crippen LogP contribution in [-0.4, -0.2) is 19.6 Å². The van der Waals surface area contributed by atoms with Crippen LogP contribution in [0.15, 0.2) is 30.3 Å². The smallest absolute Gasteiger partial charge is 0.323 e. The van der Waals surface area contributed by atoms with Crippen molar-refractivity contribution in [2.24, 2.45) is 0 Å². The Hall–Kier alpha value is -0.480. The van der Waals surface area contributed by atoms with Gasteiger partial charge < -0.3 is 19.6 Å². The molecule has 4 N–H and O–H groups in total. The molecule has 1 aromatic rings. The summed E-state index contributed by atoms with van der Waals surface area (Å²) in [5.74, 6) is 0. The molecular weight excluding hydrogens is 266 g/mol. The van der Waals surface area contributed by atoms with E-state index >= 15 is 0 Å². The van der Waals surface area contributed by atoms with Gasteiger partial charge in [0, 0.05) is 0 Å². The van der Waals surface area contributed by atoms with E-state index < -0.39 is 20.1 Å². The Morgan fingerprint density at radius 3 is 1.71 bits per heavy atom. The van der Waals surface area contributed by atoms with Crippen LogP contribution in [0.25, 0.3) is 0 Å². The highest BCUT2D eigenvalue weighted by atomic mass is 31.2. The third-order valence-corrected chi connectivity index (χ3v) is 7.33. The molecule has 0 heterocycles. The van der Waals surface area contributed by atoms with Crippen molar-refractivity contribution in [2.75, 3.05) is 0 Å². The standard InChI is InChI=1S/C9H14O6P2/c1-2-9(16(10,11)12,17(13,14)15)8-6-4-3-5-7-8/h3-7H,2H2,1H3,(H2,10,11,12)(H2,13,14,15). The molecule has 0 aromatic heterocycles. The molecule has 0 saturated carbocycles. The van der Waals surface area contributed by atoms with E-state index in [0.717, 1.165) is 0 Å². The first-order valence-electron chi connectivity index (χ1n) is 4.83. The fraction of sp³-hybridized carbons (Fsp3) is 0.333. The van der Waals surface area contributed by atoms with E-state index in [0.29, 0.717) is 0 Å². The van der Waals surface area contributed by atoms with Gasteiger partial charge in [-0.1, -0.05) is 37.3 Å². The van der Waals surface area contributed by atoms with Gasteiger partial charge in [-0.3, -0.25) is 9.13 Å². The maximum atomic E-state index is 11.5. The van der Waals surface area contributed by atoms with Crippen molar-refractivity contribution in [3.05, 3.63) is 35.9 Å². The molecule has 0 amide bonds. The summed E-state index contributed by atoms with van der Waals surface area (Å²) in [7, 11) is -10.0. The third-order valence-electron chi connectivity index (χ3n) is 2.69. The van der Waals surface area contributed by atoms with Crippen LogP contribution in [0.4, 0.5) is 0 Å². The molecule has 0 spiro atoms. The molecule has 17 heavy (non-hydrogen) atoms. The Bertz CT molecular complexity index is 452. The quantitative estimate of drug-likeness (QED) is 0.623. The van der Waals surface area contributed by atoms with Crippen LogP contribution in [-0.2, 0) is 14.0 Å². The van der Waals surface area contributed by atoms with Gasteiger partial charge in [0.15, 0.2) is 4.90 Å². The van der Waals surface area contributed by atoms with Gasteiger partial charge in [0.25, 0.3) is 0 Å². The van der Waals surface area contributed by atoms with Crippen LogP contribution in [0.3, 0.4) is 0 Å². The van der Waals surface area contributed by atoms with Crippen molar-refractivity contribution in [3.63, 3.8) is 0 Å². The number of hydrogen-bond donors (Lipinski definition) is 4. The lowest BCUT2D eigenvalue weighted by Crippen LogP contribution is -2.25. The highest BCUT2D eigenvalue weighted by molar-refractivity contribution is 7.71. The van der Waals surface area contributed by atoms with E-state index in [1.807, 2.05) is 0 Å². The average Bonchev–Trinajstić information content (AvgIpc) is 2.16. The van der Waals surface area contributed by atoms with E-state index in [9.17, 15) is 28.7 Å². The molecule has 0 aliphatic rings. The van der Waals surface area contributed by atoms with Gasteiger partial charge in [0.2, 0.25) is 0 Å². The van der Waals surface area contributed by atoms with Gasteiger partial charge in [-0.25, -0.2) is 0 Å². The van der Waals surface area contributed by atoms with E-state index in [1.165, 1.54) is 31.2 Å². The van der Waals surface area contributed by atoms with Crippen molar-refractivity contribution in [1.82, 2.24) is 0 Å². The summed E-state index contributed by atoms with van der Waals surface area (Å²) in [6.07, 6.45) is -0.356. The molecule has 8 heteroatoms. The Balaban J connectivity index is 3.62. The highest BCUT2D eigenvalue weighted by Crippen LogP contribution is 2.75. The first-order valence-corrected chi connectivity index (χ1v) is 8.06. The lowest BCUT2D eigenvalue weighted by atomic mass is 10.1. The zero-order valence-electron chi connectivity index (χ0n) is 9.09.